The van der Waals surface area contributed by atoms with Crippen LogP contribution in [0.1, 0.15) is 28.8 Å². The SMILES string of the molecule is CCc1cc(Oc2cncnc2)cc(C(=O)Nc2ccc(F)c(C)n2)n1. The van der Waals surface area contributed by atoms with Gasteiger partial charge >= 0.3 is 0 Å². The van der Waals surface area contributed by atoms with E-state index in [9.17, 15) is 9.18 Å². The van der Waals surface area contributed by atoms with Gasteiger partial charge in [0.15, 0.2) is 5.75 Å². The Kier molecular flexibility index (Phi) is 5.12. The Morgan fingerprint density at radius 3 is 2.62 bits per heavy atom. The molecule has 0 saturated heterocycles. The Labute approximate surface area is 149 Å². The molecule has 0 saturated carbocycles. The number of nitrogens with one attached hydrogen (secondary N) is 1. The van der Waals surface area contributed by atoms with Gasteiger partial charge in [0.2, 0.25) is 0 Å². The highest BCUT2D eigenvalue weighted by Gasteiger charge is 2.13. The maximum Gasteiger partial charge on any atom is 0.275 e. The lowest BCUT2D eigenvalue weighted by Gasteiger charge is -2.10. The fourth-order valence-corrected chi connectivity index (χ4v) is 2.18. The van der Waals surface area contributed by atoms with Crippen molar-refractivity contribution in [2.75, 3.05) is 5.32 Å². The minimum atomic E-state index is -0.465. The summed E-state index contributed by atoms with van der Waals surface area (Å²) in [5, 5.41) is 2.61. The number of carbonyl (C=O) groups is 1. The maximum absolute atomic E-state index is 13.3. The first-order valence-corrected chi connectivity index (χ1v) is 7.93. The van der Waals surface area contributed by atoms with Crippen LogP contribution >= 0.6 is 0 Å². The predicted octanol–water partition coefficient (Wildman–Crippen LogP) is 3.32. The number of anilines is 1. The molecule has 0 aromatic carbocycles. The van der Waals surface area contributed by atoms with Crippen LogP contribution < -0.4 is 10.1 Å². The first kappa shape index (κ1) is 17.4. The molecule has 0 fully saturated rings. The molecule has 0 radical (unpaired) electrons. The molecule has 0 aliphatic carbocycles. The van der Waals surface area contributed by atoms with Gasteiger partial charge in [-0.15, -0.1) is 0 Å². The highest BCUT2D eigenvalue weighted by molar-refractivity contribution is 6.02. The molecule has 0 atom stereocenters. The van der Waals surface area contributed by atoms with Crippen LogP contribution in [0.4, 0.5) is 10.2 Å². The molecule has 3 rings (SSSR count). The van der Waals surface area contributed by atoms with E-state index in [0.29, 0.717) is 23.6 Å². The minimum absolute atomic E-state index is 0.167. The molecular formula is C18H16FN5O2. The quantitative estimate of drug-likeness (QED) is 0.757. The zero-order valence-electron chi connectivity index (χ0n) is 14.2. The molecule has 7 nitrogen and oxygen atoms in total. The zero-order valence-corrected chi connectivity index (χ0v) is 14.2. The second-order valence-electron chi connectivity index (χ2n) is 5.43. The summed E-state index contributed by atoms with van der Waals surface area (Å²) < 4.78 is 19.0. The fraction of sp³-hybridized carbons (Fsp3) is 0.167. The van der Waals surface area contributed by atoms with Crippen LogP contribution in [-0.4, -0.2) is 25.8 Å². The highest BCUT2D eigenvalue weighted by atomic mass is 19.1. The van der Waals surface area contributed by atoms with Gasteiger partial charge in [-0.05, 0) is 25.5 Å². The van der Waals surface area contributed by atoms with Crippen LogP contribution in [0.5, 0.6) is 11.5 Å². The number of halogens is 1. The number of aryl methyl sites for hydroxylation is 2. The Balaban J connectivity index is 1.84. The zero-order chi connectivity index (χ0) is 18.5. The number of pyridine rings is 2. The molecule has 3 aromatic rings. The topological polar surface area (TPSA) is 89.9 Å². The van der Waals surface area contributed by atoms with E-state index in [2.05, 4.69) is 25.3 Å². The average molecular weight is 353 g/mol. The van der Waals surface area contributed by atoms with Crippen LogP contribution in [0, 0.1) is 12.7 Å². The molecule has 0 spiro atoms. The molecule has 132 valence electrons. The number of ether oxygens (including phenoxy) is 1. The van der Waals surface area contributed by atoms with Gasteiger partial charge in [-0.3, -0.25) is 4.79 Å². The Bertz CT molecular complexity index is 934. The van der Waals surface area contributed by atoms with Gasteiger partial charge < -0.3 is 10.1 Å². The summed E-state index contributed by atoms with van der Waals surface area (Å²) in [6.07, 6.45) is 5.05. The number of hydrogen-bond acceptors (Lipinski definition) is 6. The first-order valence-electron chi connectivity index (χ1n) is 7.93. The van der Waals surface area contributed by atoms with Crippen molar-refractivity contribution in [3.8, 4) is 11.5 Å². The number of rotatable bonds is 5. The van der Waals surface area contributed by atoms with Crippen molar-refractivity contribution < 1.29 is 13.9 Å². The summed E-state index contributed by atoms with van der Waals surface area (Å²) in [6, 6.07) is 5.89. The summed E-state index contributed by atoms with van der Waals surface area (Å²) in [4.78, 5) is 28.6. The fourth-order valence-electron chi connectivity index (χ4n) is 2.18. The van der Waals surface area contributed by atoms with Crippen LogP contribution in [0.15, 0.2) is 43.0 Å². The molecule has 8 heteroatoms. The third-order valence-electron chi connectivity index (χ3n) is 3.48. The van der Waals surface area contributed by atoms with Crippen molar-refractivity contribution in [3.63, 3.8) is 0 Å². The molecule has 3 aromatic heterocycles. The molecular weight excluding hydrogens is 337 g/mol. The Morgan fingerprint density at radius 2 is 1.92 bits per heavy atom. The maximum atomic E-state index is 13.3. The van der Waals surface area contributed by atoms with Gasteiger partial charge in [0.25, 0.3) is 5.91 Å². The standard InChI is InChI=1S/C18H16FN5O2/c1-3-12-6-13(26-14-8-20-10-21-9-14)7-16(23-12)18(25)24-17-5-4-15(19)11(2)22-17/h4-10H,3H2,1-2H3,(H,22,24,25). The lowest BCUT2D eigenvalue weighted by Crippen LogP contribution is -2.16. The van der Waals surface area contributed by atoms with Crippen molar-refractivity contribution in [2.45, 2.75) is 20.3 Å². The van der Waals surface area contributed by atoms with E-state index in [1.807, 2.05) is 6.92 Å². The molecule has 1 amide bonds. The van der Waals surface area contributed by atoms with Crippen LogP contribution in [0.2, 0.25) is 0 Å². The van der Waals surface area contributed by atoms with E-state index in [-0.39, 0.29) is 17.2 Å². The molecule has 3 heterocycles. The third kappa shape index (κ3) is 4.15. The smallest absolute Gasteiger partial charge is 0.275 e. The van der Waals surface area contributed by atoms with Crippen LogP contribution in [0.25, 0.3) is 0 Å². The number of nitrogens with zero attached hydrogens (tertiary/aromatic N) is 4. The van der Waals surface area contributed by atoms with E-state index in [4.69, 9.17) is 4.74 Å². The van der Waals surface area contributed by atoms with E-state index < -0.39 is 11.7 Å². The van der Waals surface area contributed by atoms with Crippen LogP contribution in [0.3, 0.4) is 0 Å². The molecule has 0 unspecified atom stereocenters. The van der Waals surface area contributed by atoms with E-state index in [1.165, 1.54) is 43.8 Å². The normalized spacial score (nSPS) is 10.4. The molecule has 1 N–H and O–H groups in total. The van der Waals surface area contributed by atoms with Crippen molar-refractivity contribution in [3.05, 3.63) is 65.9 Å². The predicted molar refractivity (Wildman–Crippen MR) is 92.6 cm³/mol. The lowest BCUT2D eigenvalue weighted by atomic mass is 10.2. The van der Waals surface area contributed by atoms with Gasteiger partial charge in [0.1, 0.15) is 29.4 Å². The van der Waals surface area contributed by atoms with Crippen molar-refractivity contribution in [2.24, 2.45) is 0 Å². The van der Waals surface area contributed by atoms with Crippen molar-refractivity contribution in [1.82, 2.24) is 19.9 Å². The number of aromatic nitrogens is 4. The largest absolute Gasteiger partial charge is 0.454 e. The summed E-state index contributed by atoms with van der Waals surface area (Å²) in [7, 11) is 0. The van der Waals surface area contributed by atoms with Gasteiger partial charge in [0.05, 0.1) is 18.1 Å². The second kappa shape index (κ2) is 7.64. The number of carbonyl (C=O) groups excluding carboxylic acids is 1. The average Bonchev–Trinajstić information content (AvgIpc) is 2.65. The van der Waals surface area contributed by atoms with E-state index in [0.717, 1.165) is 0 Å². The van der Waals surface area contributed by atoms with E-state index >= 15 is 0 Å². The Hall–Kier alpha value is -3.42. The summed E-state index contributed by atoms with van der Waals surface area (Å²) in [6.45, 7) is 3.44. The second-order valence-corrected chi connectivity index (χ2v) is 5.43. The lowest BCUT2D eigenvalue weighted by molar-refractivity contribution is 0.102. The van der Waals surface area contributed by atoms with Gasteiger partial charge in [0, 0.05) is 17.8 Å². The molecule has 0 bridgehead atoms. The summed E-state index contributed by atoms with van der Waals surface area (Å²) >= 11 is 0. The summed E-state index contributed by atoms with van der Waals surface area (Å²) in [5.41, 5.74) is 1.05. The van der Waals surface area contributed by atoms with Gasteiger partial charge in [-0.1, -0.05) is 6.92 Å². The minimum Gasteiger partial charge on any atom is -0.454 e. The number of hydrogen-bond donors (Lipinski definition) is 1. The molecule has 0 aliphatic heterocycles. The van der Waals surface area contributed by atoms with Gasteiger partial charge in [-0.25, -0.2) is 24.3 Å². The first-order chi connectivity index (χ1) is 12.5. The highest BCUT2D eigenvalue weighted by Crippen LogP contribution is 2.22. The van der Waals surface area contributed by atoms with E-state index in [1.54, 1.807) is 6.07 Å². The van der Waals surface area contributed by atoms with Crippen LogP contribution in [-0.2, 0) is 6.42 Å². The molecule has 0 aliphatic rings. The monoisotopic (exact) mass is 353 g/mol. The van der Waals surface area contributed by atoms with Gasteiger partial charge in [-0.2, -0.15) is 0 Å². The Morgan fingerprint density at radius 1 is 1.15 bits per heavy atom. The van der Waals surface area contributed by atoms with Crippen molar-refractivity contribution in [1.29, 1.82) is 0 Å². The molecule has 26 heavy (non-hydrogen) atoms. The van der Waals surface area contributed by atoms with Crippen molar-refractivity contribution >= 4 is 11.7 Å². The number of amides is 1. The third-order valence-corrected chi connectivity index (χ3v) is 3.48. The summed E-state index contributed by atoms with van der Waals surface area (Å²) in [5.74, 6) is 0.238.